The SMILES string of the molecule is Cc1cc(C)c(C2=C(O)[C@@H]3[C@@H]4O[C@@H](C5O[C@H]54)[C@@H]3C2=O)c(C)c1. The lowest BCUT2D eigenvalue weighted by atomic mass is 9.80. The molecule has 0 radical (unpaired) electrons. The third-order valence-corrected chi connectivity index (χ3v) is 5.67. The number of allylic oxidation sites excluding steroid dienone is 1. The fourth-order valence-electron chi connectivity index (χ4n) is 4.91. The molecule has 1 aliphatic carbocycles. The highest BCUT2D eigenvalue weighted by molar-refractivity contribution is 6.26. The zero-order chi connectivity index (χ0) is 15.3. The average Bonchev–Trinajstić information content (AvgIpc) is 2.97. The maximum Gasteiger partial charge on any atom is 0.173 e. The first kappa shape index (κ1) is 12.9. The van der Waals surface area contributed by atoms with Gasteiger partial charge in [0, 0.05) is 0 Å². The van der Waals surface area contributed by atoms with Crippen molar-refractivity contribution in [2.75, 3.05) is 0 Å². The molecule has 5 rings (SSSR count). The van der Waals surface area contributed by atoms with E-state index in [1.54, 1.807) is 0 Å². The summed E-state index contributed by atoms with van der Waals surface area (Å²) in [5.74, 6) is -0.231. The van der Waals surface area contributed by atoms with Crippen molar-refractivity contribution in [3.63, 3.8) is 0 Å². The minimum absolute atomic E-state index is 0.0269. The van der Waals surface area contributed by atoms with Gasteiger partial charge in [0.25, 0.3) is 0 Å². The number of rotatable bonds is 1. The molecule has 1 N–H and O–H groups in total. The highest BCUT2D eigenvalue weighted by Gasteiger charge is 2.73. The van der Waals surface area contributed by atoms with Gasteiger partial charge in [-0.3, -0.25) is 4.79 Å². The number of carbonyl (C=O) groups is 1. The van der Waals surface area contributed by atoms with Crippen molar-refractivity contribution >= 4 is 11.4 Å². The van der Waals surface area contributed by atoms with Gasteiger partial charge in [-0.25, -0.2) is 0 Å². The molecule has 0 spiro atoms. The lowest BCUT2D eigenvalue weighted by Gasteiger charge is -2.16. The first-order chi connectivity index (χ1) is 10.5. The smallest absolute Gasteiger partial charge is 0.173 e. The predicted octanol–water partition coefficient (Wildman–Crippen LogP) is 2.24. The minimum Gasteiger partial charge on any atom is -0.511 e. The molecule has 114 valence electrons. The van der Waals surface area contributed by atoms with Crippen LogP contribution < -0.4 is 0 Å². The zero-order valence-corrected chi connectivity index (χ0v) is 12.8. The molecular weight excluding hydrogens is 280 g/mol. The van der Waals surface area contributed by atoms with Crippen LogP contribution in [0.3, 0.4) is 0 Å². The number of hydrogen-bond donors (Lipinski definition) is 1. The standard InChI is InChI=1S/C18H18O4/c1-6-4-7(2)9(8(3)5-6)10-13(19)11-12(14(10)20)16-18-17(22-18)15(11)21-16/h4-5,11-12,15-19H,1-3H3/t11-,12+,15+,16-,17+,18?/m1/s1. The Hall–Kier alpha value is -1.65. The average molecular weight is 298 g/mol. The van der Waals surface area contributed by atoms with Gasteiger partial charge in [-0.15, -0.1) is 0 Å². The number of aliphatic hydroxyl groups excluding tert-OH is 1. The summed E-state index contributed by atoms with van der Waals surface area (Å²) in [6.07, 6.45) is -0.158. The van der Waals surface area contributed by atoms with E-state index in [9.17, 15) is 9.90 Å². The van der Waals surface area contributed by atoms with E-state index in [2.05, 4.69) is 12.1 Å². The summed E-state index contributed by atoms with van der Waals surface area (Å²) in [4.78, 5) is 13.0. The van der Waals surface area contributed by atoms with Gasteiger partial charge < -0.3 is 14.6 Å². The van der Waals surface area contributed by atoms with E-state index in [0.717, 1.165) is 16.7 Å². The normalized spacial score (nSPS) is 41.1. The van der Waals surface area contributed by atoms with E-state index < -0.39 is 0 Å². The molecule has 3 fully saturated rings. The van der Waals surface area contributed by atoms with Gasteiger partial charge in [0.05, 0.1) is 29.6 Å². The van der Waals surface area contributed by atoms with Gasteiger partial charge in [-0.1, -0.05) is 17.7 Å². The molecule has 0 saturated carbocycles. The summed E-state index contributed by atoms with van der Waals surface area (Å²) in [6.45, 7) is 6.05. The Morgan fingerprint density at radius 1 is 0.909 bits per heavy atom. The molecule has 3 heterocycles. The van der Waals surface area contributed by atoms with E-state index in [0.29, 0.717) is 5.57 Å². The number of fused-ring (bicyclic) bond motifs is 8. The van der Waals surface area contributed by atoms with Crippen molar-refractivity contribution in [3.05, 3.63) is 40.1 Å². The third kappa shape index (κ3) is 1.33. The summed E-state index contributed by atoms with van der Waals surface area (Å²) in [7, 11) is 0. The number of benzene rings is 1. The molecular formula is C18H18O4. The number of ketones is 1. The summed E-state index contributed by atoms with van der Waals surface area (Å²) in [5.41, 5.74) is 4.67. The molecule has 0 aromatic heterocycles. The third-order valence-electron chi connectivity index (χ3n) is 5.67. The Labute approximate surface area is 128 Å². The number of aryl methyl sites for hydroxylation is 3. The lowest BCUT2D eigenvalue weighted by Crippen LogP contribution is -2.34. The second kappa shape index (κ2) is 3.81. The van der Waals surface area contributed by atoms with Crippen molar-refractivity contribution in [1.82, 2.24) is 0 Å². The van der Waals surface area contributed by atoms with Crippen LogP contribution in [0.4, 0.5) is 0 Å². The minimum atomic E-state index is -0.260. The van der Waals surface area contributed by atoms with Gasteiger partial charge >= 0.3 is 0 Å². The van der Waals surface area contributed by atoms with Crippen LogP contribution in [0.5, 0.6) is 0 Å². The van der Waals surface area contributed by atoms with Crippen LogP contribution in [0.15, 0.2) is 17.9 Å². The molecule has 1 aromatic rings. The highest BCUT2D eigenvalue weighted by Crippen LogP contribution is 2.60. The Bertz CT molecular complexity index is 739. The molecule has 3 aliphatic heterocycles. The summed E-state index contributed by atoms with van der Waals surface area (Å²) in [5, 5.41) is 10.8. The number of aliphatic hydroxyl groups is 1. The summed E-state index contributed by atoms with van der Waals surface area (Å²) >= 11 is 0. The van der Waals surface area contributed by atoms with E-state index in [1.165, 1.54) is 5.56 Å². The van der Waals surface area contributed by atoms with Gasteiger partial charge in [-0.2, -0.15) is 0 Å². The number of epoxide rings is 1. The van der Waals surface area contributed by atoms with Crippen molar-refractivity contribution in [2.24, 2.45) is 11.8 Å². The Morgan fingerprint density at radius 2 is 1.45 bits per heavy atom. The lowest BCUT2D eigenvalue weighted by molar-refractivity contribution is -0.119. The second-order valence-electron chi connectivity index (χ2n) is 7.08. The molecule has 4 nitrogen and oxygen atoms in total. The molecule has 3 saturated heterocycles. The van der Waals surface area contributed by atoms with Crippen LogP contribution in [0.1, 0.15) is 22.3 Å². The van der Waals surface area contributed by atoms with E-state index in [1.807, 2.05) is 20.8 Å². The quantitative estimate of drug-likeness (QED) is 0.808. The zero-order valence-electron chi connectivity index (χ0n) is 12.8. The van der Waals surface area contributed by atoms with E-state index in [4.69, 9.17) is 9.47 Å². The maximum absolute atomic E-state index is 13.0. The molecule has 1 aromatic carbocycles. The highest BCUT2D eigenvalue weighted by atomic mass is 16.7. The van der Waals surface area contributed by atoms with Gasteiger partial charge in [0.15, 0.2) is 5.78 Å². The predicted molar refractivity (Wildman–Crippen MR) is 79.5 cm³/mol. The van der Waals surface area contributed by atoms with Crippen LogP contribution in [0.2, 0.25) is 0 Å². The van der Waals surface area contributed by atoms with Crippen LogP contribution in [-0.2, 0) is 14.3 Å². The molecule has 4 aliphatic rings. The van der Waals surface area contributed by atoms with Gasteiger partial charge in [0.1, 0.15) is 18.0 Å². The fraction of sp³-hybridized carbons (Fsp3) is 0.500. The van der Waals surface area contributed by atoms with Crippen LogP contribution >= 0.6 is 0 Å². The van der Waals surface area contributed by atoms with Crippen molar-refractivity contribution in [3.8, 4) is 0 Å². The maximum atomic E-state index is 13.0. The van der Waals surface area contributed by atoms with Crippen LogP contribution in [-0.4, -0.2) is 35.3 Å². The Morgan fingerprint density at radius 3 is 2.09 bits per heavy atom. The van der Waals surface area contributed by atoms with E-state index >= 15 is 0 Å². The second-order valence-corrected chi connectivity index (χ2v) is 7.08. The number of Topliss-reactive ketones (excluding diaryl/α,β-unsaturated/α-hetero) is 1. The Balaban J connectivity index is 1.67. The first-order valence-corrected chi connectivity index (χ1v) is 7.85. The molecule has 22 heavy (non-hydrogen) atoms. The monoisotopic (exact) mass is 298 g/mol. The molecule has 2 bridgehead atoms. The number of hydrogen-bond acceptors (Lipinski definition) is 4. The molecule has 0 amide bonds. The van der Waals surface area contributed by atoms with Crippen molar-refractivity contribution < 1.29 is 19.4 Å². The first-order valence-electron chi connectivity index (χ1n) is 7.85. The van der Waals surface area contributed by atoms with E-state index in [-0.39, 0.29) is 47.8 Å². The van der Waals surface area contributed by atoms with Crippen molar-refractivity contribution in [1.29, 1.82) is 0 Å². The topological polar surface area (TPSA) is 59.1 Å². The van der Waals surface area contributed by atoms with Gasteiger partial charge in [-0.05, 0) is 37.5 Å². The largest absolute Gasteiger partial charge is 0.511 e. The summed E-state index contributed by atoms with van der Waals surface area (Å²) < 4.78 is 11.4. The molecule has 4 heteroatoms. The van der Waals surface area contributed by atoms with Crippen LogP contribution in [0.25, 0.3) is 5.57 Å². The summed E-state index contributed by atoms with van der Waals surface area (Å²) in [6, 6.07) is 4.13. The van der Waals surface area contributed by atoms with Crippen molar-refractivity contribution in [2.45, 2.75) is 45.2 Å². The Kier molecular flexibility index (Phi) is 2.23. The number of ether oxygens (including phenoxy) is 2. The number of carbonyl (C=O) groups excluding carboxylic acids is 1. The van der Waals surface area contributed by atoms with Gasteiger partial charge in [0.2, 0.25) is 0 Å². The fourth-order valence-corrected chi connectivity index (χ4v) is 4.91. The van der Waals surface area contributed by atoms with Crippen LogP contribution in [0, 0.1) is 32.6 Å². The molecule has 6 atom stereocenters. The molecule has 1 unspecified atom stereocenters.